The number of nitrogens with zero attached hydrogens (tertiary/aromatic N) is 2. The lowest BCUT2D eigenvalue weighted by Gasteiger charge is -2.08. The summed E-state index contributed by atoms with van der Waals surface area (Å²) in [5, 5.41) is 9.83. The lowest BCUT2D eigenvalue weighted by molar-refractivity contribution is 0.476. The molecule has 2 aromatic rings. The van der Waals surface area contributed by atoms with Crippen LogP contribution in [-0.4, -0.2) is 15.1 Å². The first-order chi connectivity index (χ1) is 7.58. The highest BCUT2D eigenvalue weighted by Crippen LogP contribution is 2.31. The van der Waals surface area contributed by atoms with Gasteiger partial charge in [0.25, 0.3) is 0 Å². The van der Waals surface area contributed by atoms with Crippen molar-refractivity contribution in [3.05, 3.63) is 35.5 Å². The third-order valence-corrected chi connectivity index (χ3v) is 2.38. The molecule has 4 nitrogen and oxygen atoms in total. The maximum Gasteiger partial charge on any atom is 0.220 e. The molecule has 0 spiro atoms. The minimum absolute atomic E-state index is 0.206. The fourth-order valence-corrected chi connectivity index (χ4v) is 1.71. The zero-order chi connectivity index (χ0) is 11.7. The Balaban J connectivity index is 2.67. The van der Waals surface area contributed by atoms with Gasteiger partial charge in [0, 0.05) is 11.3 Å². The van der Waals surface area contributed by atoms with Crippen molar-refractivity contribution in [3.8, 4) is 17.0 Å². The molecule has 1 aromatic carbocycles. The summed E-state index contributed by atoms with van der Waals surface area (Å²) >= 11 is 0. The Kier molecular flexibility index (Phi) is 2.48. The van der Waals surface area contributed by atoms with E-state index in [9.17, 15) is 5.11 Å². The molecule has 3 N–H and O–H groups in total. The smallest absolute Gasteiger partial charge is 0.220 e. The van der Waals surface area contributed by atoms with Crippen molar-refractivity contribution in [1.29, 1.82) is 0 Å². The van der Waals surface area contributed by atoms with Gasteiger partial charge in [-0.05, 0) is 31.5 Å². The summed E-state index contributed by atoms with van der Waals surface area (Å²) in [4.78, 5) is 8.14. The molecule has 0 fully saturated rings. The summed E-state index contributed by atoms with van der Waals surface area (Å²) in [5.74, 6) is 0.426. The second kappa shape index (κ2) is 3.81. The summed E-state index contributed by atoms with van der Waals surface area (Å²) in [6.45, 7) is 3.76. The van der Waals surface area contributed by atoms with Crippen molar-refractivity contribution in [1.82, 2.24) is 9.97 Å². The molecule has 0 unspecified atom stereocenters. The molecule has 1 aromatic heterocycles. The summed E-state index contributed by atoms with van der Waals surface area (Å²) < 4.78 is 0. The van der Waals surface area contributed by atoms with Gasteiger partial charge < -0.3 is 10.8 Å². The molecular formula is C12H13N3O. The number of nitrogen functional groups attached to an aromatic ring is 1. The van der Waals surface area contributed by atoms with E-state index in [-0.39, 0.29) is 11.7 Å². The Morgan fingerprint density at radius 1 is 1.19 bits per heavy atom. The highest BCUT2D eigenvalue weighted by Gasteiger charge is 2.10. The first kappa shape index (κ1) is 10.4. The summed E-state index contributed by atoms with van der Waals surface area (Å²) in [7, 11) is 0. The lowest BCUT2D eigenvalue weighted by Crippen LogP contribution is -1.99. The van der Waals surface area contributed by atoms with Crippen LogP contribution in [-0.2, 0) is 0 Å². The van der Waals surface area contributed by atoms with Crippen molar-refractivity contribution < 1.29 is 5.11 Å². The quantitative estimate of drug-likeness (QED) is 0.763. The average Bonchev–Trinajstić information content (AvgIpc) is 2.15. The third kappa shape index (κ3) is 1.82. The van der Waals surface area contributed by atoms with Gasteiger partial charge in [-0.3, -0.25) is 0 Å². The van der Waals surface area contributed by atoms with Crippen molar-refractivity contribution in [2.24, 2.45) is 0 Å². The van der Waals surface area contributed by atoms with Crippen LogP contribution in [0.4, 0.5) is 5.95 Å². The Hall–Kier alpha value is -2.10. The molecule has 0 aliphatic rings. The Morgan fingerprint density at radius 2 is 1.94 bits per heavy atom. The van der Waals surface area contributed by atoms with Crippen LogP contribution in [0.5, 0.6) is 5.75 Å². The lowest BCUT2D eigenvalue weighted by atomic mass is 10.0. The zero-order valence-electron chi connectivity index (χ0n) is 9.23. The van der Waals surface area contributed by atoms with Gasteiger partial charge in [-0.25, -0.2) is 9.97 Å². The highest BCUT2D eigenvalue weighted by atomic mass is 16.3. The number of aromatic hydroxyl groups is 1. The fraction of sp³-hybridized carbons (Fsp3) is 0.167. The van der Waals surface area contributed by atoms with Crippen LogP contribution < -0.4 is 5.73 Å². The van der Waals surface area contributed by atoms with E-state index in [0.717, 1.165) is 11.3 Å². The predicted octanol–water partition coefficient (Wildman–Crippen LogP) is 2.05. The molecule has 0 saturated heterocycles. The van der Waals surface area contributed by atoms with Gasteiger partial charge in [0.15, 0.2) is 0 Å². The number of aromatic nitrogens is 2. The molecule has 0 radical (unpaired) electrons. The van der Waals surface area contributed by atoms with Crippen molar-refractivity contribution >= 4 is 5.95 Å². The topological polar surface area (TPSA) is 72.0 Å². The molecule has 0 atom stereocenters. The number of phenolic OH excluding ortho intramolecular Hbond substituents is 1. The second-order valence-corrected chi connectivity index (χ2v) is 3.72. The Labute approximate surface area is 93.8 Å². The van der Waals surface area contributed by atoms with Crippen LogP contribution in [0, 0.1) is 13.8 Å². The fourth-order valence-electron chi connectivity index (χ4n) is 1.71. The highest BCUT2D eigenvalue weighted by molar-refractivity contribution is 5.71. The molecule has 2 rings (SSSR count). The maximum atomic E-state index is 9.83. The Bertz CT molecular complexity index is 497. The van der Waals surface area contributed by atoms with Crippen LogP contribution in [0.3, 0.4) is 0 Å². The number of benzene rings is 1. The van der Waals surface area contributed by atoms with Gasteiger partial charge >= 0.3 is 0 Å². The van der Waals surface area contributed by atoms with E-state index >= 15 is 0 Å². The minimum atomic E-state index is 0.206. The van der Waals surface area contributed by atoms with Gasteiger partial charge in [0.1, 0.15) is 5.75 Å². The zero-order valence-corrected chi connectivity index (χ0v) is 9.23. The number of hydrogen-bond donors (Lipinski definition) is 2. The van der Waals surface area contributed by atoms with Crippen LogP contribution >= 0.6 is 0 Å². The maximum absolute atomic E-state index is 9.83. The van der Waals surface area contributed by atoms with E-state index in [1.54, 1.807) is 18.2 Å². The average molecular weight is 215 g/mol. The first-order valence-electron chi connectivity index (χ1n) is 4.98. The normalized spacial score (nSPS) is 10.4. The number of aryl methyl sites for hydroxylation is 2. The minimum Gasteiger partial charge on any atom is -0.507 e. The summed E-state index contributed by atoms with van der Waals surface area (Å²) in [5.41, 5.74) is 8.69. The molecule has 1 heterocycles. The van der Waals surface area contributed by atoms with Crippen LogP contribution in [0.2, 0.25) is 0 Å². The van der Waals surface area contributed by atoms with Crippen molar-refractivity contribution in [2.75, 3.05) is 5.73 Å². The molecule has 0 aliphatic heterocycles. The molecule has 16 heavy (non-hydrogen) atoms. The SMILES string of the molecule is Cc1cc(-c2c(C)cccc2O)nc(N)n1. The van der Waals surface area contributed by atoms with E-state index in [1.807, 2.05) is 19.9 Å². The van der Waals surface area contributed by atoms with Crippen molar-refractivity contribution in [2.45, 2.75) is 13.8 Å². The largest absolute Gasteiger partial charge is 0.507 e. The number of hydrogen-bond acceptors (Lipinski definition) is 4. The van der Waals surface area contributed by atoms with Gasteiger partial charge in [-0.15, -0.1) is 0 Å². The van der Waals surface area contributed by atoms with Gasteiger partial charge in [0.05, 0.1) is 5.69 Å². The van der Waals surface area contributed by atoms with Crippen LogP contribution in [0.25, 0.3) is 11.3 Å². The standard InChI is InChI=1S/C12H13N3O/c1-7-4-3-5-10(16)11(7)9-6-8(2)14-12(13)15-9/h3-6,16H,1-2H3,(H2,13,14,15). The monoisotopic (exact) mass is 215 g/mol. The number of nitrogens with two attached hydrogens (primary N) is 1. The van der Waals surface area contributed by atoms with Crippen LogP contribution in [0.15, 0.2) is 24.3 Å². The molecule has 0 bridgehead atoms. The van der Waals surface area contributed by atoms with Gasteiger partial charge in [-0.2, -0.15) is 0 Å². The van der Waals surface area contributed by atoms with Gasteiger partial charge in [0.2, 0.25) is 5.95 Å². The van der Waals surface area contributed by atoms with Crippen LogP contribution in [0.1, 0.15) is 11.3 Å². The van der Waals surface area contributed by atoms with E-state index in [0.29, 0.717) is 11.3 Å². The van der Waals surface area contributed by atoms with E-state index in [2.05, 4.69) is 9.97 Å². The van der Waals surface area contributed by atoms with E-state index in [1.165, 1.54) is 0 Å². The summed E-state index contributed by atoms with van der Waals surface area (Å²) in [6.07, 6.45) is 0. The van der Waals surface area contributed by atoms with E-state index in [4.69, 9.17) is 5.73 Å². The number of anilines is 1. The molecule has 82 valence electrons. The molecule has 4 heteroatoms. The Morgan fingerprint density at radius 3 is 2.56 bits per heavy atom. The molecule has 0 aliphatic carbocycles. The summed E-state index contributed by atoms with van der Waals surface area (Å²) in [6, 6.07) is 7.16. The third-order valence-electron chi connectivity index (χ3n) is 2.38. The predicted molar refractivity (Wildman–Crippen MR) is 63.0 cm³/mol. The first-order valence-corrected chi connectivity index (χ1v) is 4.98. The second-order valence-electron chi connectivity index (χ2n) is 3.72. The van der Waals surface area contributed by atoms with E-state index < -0.39 is 0 Å². The molecular weight excluding hydrogens is 202 g/mol. The van der Waals surface area contributed by atoms with Gasteiger partial charge in [-0.1, -0.05) is 12.1 Å². The number of phenols is 1. The number of rotatable bonds is 1. The van der Waals surface area contributed by atoms with Crippen molar-refractivity contribution in [3.63, 3.8) is 0 Å². The molecule has 0 amide bonds. The molecule has 0 saturated carbocycles.